The molecule has 1 heterocycles. The number of nitrogens with one attached hydrogen (secondary N) is 1. The molecule has 6 aliphatic rings. The van der Waals surface area contributed by atoms with E-state index in [1.807, 2.05) is 0 Å². The summed E-state index contributed by atoms with van der Waals surface area (Å²) >= 11 is 0. The van der Waals surface area contributed by atoms with Crippen molar-refractivity contribution >= 4 is 15.8 Å². The van der Waals surface area contributed by atoms with Crippen LogP contribution in [-0.2, 0) is 14.6 Å². The van der Waals surface area contributed by atoms with Crippen LogP contribution in [0.3, 0.4) is 0 Å². The van der Waals surface area contributed by atoms with Crippen molar-refractivity contribution in [3.8, 4) is 0 Å². The van der Waals surface area contributed by atoms with Crippen LogP contribution in [0.15, 0.2) is 35.5 Å². The van der Waals surface area contributed by atoms with Crippen molar-refractivity contribution in [2.45, 2.75) is 155 Å². The van der Waals surface area contributed by atoms with Crippen molar-refractivity contribution in [1.29, 1.82) is 0 Å². The van der Waals surface area contributed by atoms with Crippen LogP contribution >= 0.6 is 0 Å². The highest BCUT2D eigenvalue weighted by Crippen LogP contribution is 2.68. The maximum Gasteiger partial charge on any atom is 0.310 e. The molecule has 4 fully saturated rings. The Hall–Kier alpha value is -1.48. The third kappa shape index (κ3) is 7.62. The highest BCUT2D eigenvalue weighted by Gasteiger charge is 2.60. The molecule has 0 aromatic carbocycles. The zero-order valence-electron chi connectivity index (χ0n) is 35.1. The molecule has 7 nitrogen and oxygen atoms in total. The Labute approximate surface area is 329 Å². The fourth-order valence-corrected chi connectivity index (χ4v) is 15.2. The molecular formula is C46H76N2O5S. The van der Waals surface area contributed by atoms with Gasteiger partial charge < -0.3 is 20.4 Å². The standard InChI is InChI=1S/C46H76N2O5S/c1-32(2)36-15-25-46(47-27-30-48-28-18-35(19-29-48)54(8,52)53)24-12-33(3)43(6)21-17-39-42(4,5)37(16-20-44(39,7)40(43)11-9-10-38(36)46)34-13-22-45(23-14-34,26-31-49)41(50)51/h13,16,33,35-36,38-40,47,49H,1,9-12,14-15,17-31H2,2-8H3,(H,50,51). The van der Waals surface area contributed by atoms with Gasteiger partial charge in [-0.3, -0.25) is 4.79 Å². The summed E-state index contributed by atoms with van der Waals surface area (Å²) in [5, 5.41) is 23.8. The second-order valence-electron chi connectivity index (χ2n) is 20.6. The van der Waals surface area contributed by atoms with Gasteiger partial charge in [0.25, 0.3) is 0 Å². The molecule has 0 radical (unpaired) electrons. The number of sulfone groups is 1. The summed E-state index contributed by atoms with van der Waals surface area (Å²) in [4.78, 5) is 14.8. The number of aliphatic hydroxyl groups excluding tert-OH is 1. The predicted molar refractivity (Wildman–Crippen MR) is 221 cm³/mol. The first-order valence-electron chi connectivity index (χ1n) is 21.9. The van der Waals surface area contributed by atoms with Gasteiger partial charge in [-0.2, -0.15) is 0 Å². The topological polar surface area (TPSA) is 107 Å². The van der Waals surface area contributed by atoms with E-state index in [1.165, 1.54) is 80.8 Å². The van der Waals surface area contributed by atoms with Crippen LogP contribution < -0.4 is 5.32 Å². The van der Waals surface area contributed by atoms with Crippen molar-refractivity contribution < 1.29 is 23.4 Å². The molecule has 0 aromatic rings. The number of aliphatic carboxylic acids is 1. The second-order valence-corrected chi connectivity index (χ2v) is 22.9. The van der Waals surface area contributed by atoms with E-state index in [9.17, 15) is 23.4 Å². The van der Waals surface area contributed by atoms with E-state index < -0.39 is 21.2 Å². The third-order valence-corrected chi connectivity index (χ3v) is 19.3. The van der Waals surface area contributed by atoms with Gasteiger partial charge in [-0.15, -0.1) is 0 Å². The molecule has 306 valence electrons. The molecule has 3 N–H and O–H groups in total. The molecule has 0 spiro atoms. The van der Waals surface area contributed by atoms with Crippen LogP contribution in [0.4, 0.5) is 0 Å². The normalized spacial score (nSPS) is 40.8. The largest absolute Gasteiger partial charge is 0.481 e. The highest BCUT2D eigenvalue weighted by atomic mass is 32.2. The van der Waals surface area contributed by atoms with E-state index >= 15 is 0 Å². The number of allylic oxidation sites excluding steroid dienone is 5. The van der Waals surface area contributed by atoms with Crippen molar-refractivity contribution in [2.24, 2.45) is 51.2 Å². The first kappa shape index (κ1) is 42.1. The number of carboxylic acid groups (broad SMARTS) is 1. The van der Waals surface area contributed by atoms with Gasteiger partial charge in [-0.05, 0) is 173 Å². The monoisotopic (exact) mass is 769 g/mol. The van der Waals surface area contributed by atoms with E-state index in [1.54, 1.807) is 0 Å². The zero-order valence-corrected chi connectivity index (χ0v) is 36.0. The number of piperidine rings is 1. The maximum absolute atomic E-state index is 12.3. The number of rotatable bonds is 10. The van der Waals surface area contributed by atoms with Crippen LogP contribution in [0.5, 0.6) is 0 Å². The van der Waals surface area contributed by atoms with Crippen LogP contribution in [-0.4, -0.2) is 79.3 Å². The average molecular weight is 769 g/mol. The number of hydrogen-bond donors (Lipinski definition) is 3. The summed E-state index contributed by atoms with van der Waals surface area (Å²) in [7, 11) is -2.96. The smallest absolute Gasteiger partial charge is 0.310 e. The molecule has 1 aliphatic heterocycles. The fraction of sp³-hybridized carbons (Fsp3) is 0.848. The van der Waals surface area contributed by atoms with E-state index in [-0.39, 0.29) is 33.6 Å². The lowest BCUT2D eigenvalue weighted by atomic mass is 9.40. The Kier molecular flexibility index (Phi) is 12.2. The Balaban J connectivity index is 1.20. The molecule has 0 bridgehead atoms. The summed E-state index contributed by atoms with van der Waals surface area (Å²) in [6.45, 7) is 23.3. The molecular weight excluding hydrogens is 693 g/mol. The second kappa shape index (κ2) is 15.7. The summed E-state index contributed by atoms with van der Waals surface area (Å²) in [5.74, 6) is 2.27. The van der Waals surface area contributed by atoms with Crippen molar-refractivity contribution in [2.75, 3.05) is 39.0 Å². The molecule has 54 heavy (non-hydrogen) atoms. The predicted octanol–water partition coefficient (Wildman–Crippen LogP) is 8.99. The van der Waals surface area contributed by atoms with Crippen LogP contribution in [0.1, 0.15) is 144 Å². The molecule has 9 atom stereocenters. The molecule has 9 unspecified atom stereocenters. The number of carboxylic acids is 1. The Morgan fingerprint density at radius 3 is 2.24 bits per heavy atom. The minimum Gasteiger partial charge on any atom is -0.481 e. The fourth-order valence-electron chi connectivity index (χ4n) is 14.1. The van der Waals surface area contributed by atoms with Crippen molar-refractivity contribution in [3.05, 3.63) is 35.5 Å². The Bertz CT molecular complexity index is 1580. The molecule has 6 rings (SSSR count). The Morgan fingerprint density at radius 2 is 1.63 bits per heavy atom. The maximum atomic E-state index is 12.3. The molecule has 0 aromatic heterocycles. The van der Waals surface area contributed by atoms with Gasteiger partial charge in [0.05, 0.1) is 10.7 Å². The molecule has 8 heteroatoms. The van der Waals surface area contributed by atoms with Gasteiger partial charge in [0.15, 0.2) is 0 Å². The van der Waals surface area contributed by atoms with Crippen LogP contribution in [0.2, 0.25) is 0 Å². The lowest BCUT2D eigenvalue weighted by Gasteiger charge is -2.64. The molecule has 1 saturated heterocycles. The molecule has 0 amide bonds. The highest BCUT2D eigenvalue weighted by molar-refractivity contribution is 7.91. The summed E-state index contributed by atoms with van der Waals surface area (Å²) in [5.41, 5.74) is 4.01. The van der Waals surface area contributed by atoms with Gasteiger partial charge in [0, 0.05) is 31.5 Å². The van der Waals surface area contributed by atoms with E-state index in [0.29, 0.717) is 48.9 Å². The number of carbonyl (C=O) groups is 1. The SMILES string of the molecule is C=C(C)C1CCC2(NCCN3CCC(S(C)(=O)=O)CC3)CCC(C)C3(C)CCC4C(C)(C)C(C5=CCC(CCO)(C(=O)O)CC5)=CCC4(C)C3CCCC12. The minimum absolute atomic E-state index is 0.0224. The average Bonchev–Trinajstić information content (AvgIpc) is 3.46. The Morgan fingerprint density at radius 1 is 0.926 bits per heavy atom. The van der Waals surface area contributed by atoms with Crippen molar-refractivity contribution in [3.63, 3.8) is 0 Å². The first-order chi connectivity index (χ1) is 25.3. The van der Waals surface area contributed by atoms with Gasteiger partial charge in [-0.1, -0.05) is 65.3 Å². The van der Waals surface area contributed by atoms with Gasteiger partial charge in [0.1, 0.15) is 9.84 Å². The zero-order chi connectivity index (χ0) is 39.3. The number of fused-ring (bicyclic) bond motifs is 4. The first-order valence-corrected chi connectivity index (χ1v) is 23.8. The lowest BCUT2D eigenvalue weighted by Crippen LogP contribution is -2.57. The quantitative estimate of drug-likeness (QED) is 0.191. The van der Waals surface area contributed by atoms with E-state index in [4.69, 9.17) is 0 Å². The van der Waals surface area contributed by atoms with Crippen LogP contribution in [0.25, 0.3) is 0 Å². The number of nitrogens with zero attached hydrogens (tertiary/aromatic N) is 1. The summed E-state index contributed by atoms with van der Waals surface area (Å²) < 4.78 is 24.3. The third-order valence-electron chi connectivity index (χ3n) is 17.6. The number of likely N-dealkylation sites (tertiary alicyclic amines) is 1. The van der Waals surface area contributed by atoms with Crippen molar-refractivity contribution in [1.82, 2.24) is 10.2 Å². The van der Waals surface area contributed by atoms with Crippen LogP contribution in [0, 0.1) is 51.2 Å². The van der Waals surface area contributed by atoms with Gasteiger partial charge in [-0.25, -0.2) is 8.42 Å². The summed E-state index contributed by atoms with van der Waals surface area (Å²) in [6, 6.07) is 0. The molecule has 3 saturated carbocycles. The summed E-state index contributed by atoms with van der Waals surface area (Å²) in [6.07, 6.45) is 22.3. The minimum atomic E-state index is -2.96. The number of aliphatic hydroxyl groups is 1. The van der Waals surface area contributed by atoms with E-state index in [0.717, 1.165) is 51.9 Å². The van der Waals surface area contributed by atoms with E-state index in [2.05, 4.69) is 70.5 Å². The number of hydrogen-bond acceptors (Lipinski definition) is 6. The van der Waals surface area contributed by atoms with Gasteiger partial charge >= 0.3 is 5.97 Å². The molecule has 5 aliphatic carbocycles. The lowest BCUT2D eigenvalue weighted by molar-refractivity contribution is -0.150. The van der Waals surface area contributed by atoms with Gasteiger partial charge in [0.2, 0.25) is 0 Å².